The summed E-state index contributed by atoms with van der Waals surface area (Å²) in [5.74, 6) is -0.404. The Bertz CT molecular complexity index is 673. The van der Waals surface area contributed by atoms with Crippen LogP contribution in [0, 0.1) is 0 Å². The molecule has 0 spiro atoms. The van der Waals surface area contributed by atoms with E-state index in [1.54, 1.807) is 18.2 Å². The molecule has 1 fully saturated rings. The summed E-state index contributed by atoms with van der Waals surface area (Å²) in [6.07, 6.45) is 1.53. The number of rotatable bonds is 4. The minimum atomic E-state index is -0.360. The molecule has 2 amide bonds. The third-order valence-electron chi connectivity index (χ3n) is 2.99. The zero-order valence-corrected chi connectivity index (χ0v) is 13.6. The highest BCUT2D eigenvalue weighted by atomic mass is 32.2. The normalized spacial score (nSPS) is 16.3. The molecule has 116 valence electrons. The van der Waals surface area contributed by atoms with Gasteiger partial charge in [0.25, 0.3) is 5.91 Å². The van der Waals surface area contributed by atoms with Gasteiger partial charge in [-0.2, -0.15) is 0 Å². The fourth-order valence-corrected chi connectivity index (χ4v) is 3.07. The number of phenols is 1. The van der Waals surface area contributed by atoms with Crippen molar-refractivity contribution >= 4 is 46.2 Å². The number of thiocarbonyl (C=S) groups is 1. The van der Waals surface area contributed by atoms with E-state index in [9.17, 15) is 14.7 Å². The van der Waals surface area contributed by atoms with Gasteiger partial charge in [0.1, 0.15) is 10.9 Å². The number of hydrogen-bond acceptors (Lipinski definition) is 6. The van der Waals surface area contributed by atoms with Crippen molar-refractivity contribution in [3.05, 3.63) is 28.7 Å². The Labute approximate surface area is 137 Å². The van der Waals surface area contributed by atoms with E-state index in [4.69, 9.17) is 17.0 Å². The van der Waals surface area contributed by atoms with E-state index in [1.807, 2.05) is 0 Å². The van der Waals surface area contributed by atoms with Crippen molar-refractivity contribution in [3.8, 4) is 11.5 Å². The smallest absolute Gasteiger partial charge is 0.266 e. The number of carbonyl (C=O) groups is 2. The summed E-state index contributed by atoms with van der Waals surface area (Å²) in [4.78, 5) is 25.3. The molecular weight excluding hydrogens is 324 g/mol. The van der Waals surface area contributed by atoms with E-state index < -0.39 is 0 Å². The molecule has 0 aliphatic carbocycles. The van der Waals surface area contributed by atoms with Gasteiger partial charge >= 0.3 is 0 Å². The summed E-state index contributed by atoms with van der Waals surface area (Å²) in [6.45, 7) is -0.122. The van der Waals surface area contributed by atoms with Crippen molar-refractivity contribution in [2.75, 3.05) is 20.7 Å². The molecule has 1 aromatic carbocycles. The molecule has 2 rings (SSSR count). The van der Waals surface area contributed by atoms with Gasteiger partial charge in [0, 0.05) is 12.6 Å². The fourth-order valence-electron chi connectivity index (χ4n) is 1.82. The van der Waals surface area contributed by atoms with Crippen LogP contribution in [0.3, 0.4) is 0 Å². The number of para-hydroxylation sites is 1. The number of nitrogens with zero attached hydrogens (tertiary/aromatic N) is 1. The predicted molar refractivity (Wildman–Crippen MR) is 88.6 cm³/mol. The van der Waals surface area contributed by atoms with E-state index in [-0.39, 0.29) is 24.1 Å². The second-order valence-corrected chi connectivity index (χ2v) is 6.01. The van der Waals surface area contributed by atoms with Crippen LogP contribution in [0.2, 0.25) is 0 Å². The molecule has 6 nitrogen and oxygen atoms in total. The average molecular weight is 338 g/mol. The van der Waals surface area contributed by atoms with Gasteiger partial charge in [0.05, 0.1) is 12.0 Å². The third-order valence-corrected chi connectivity index (χ3v) is 4.37. The van der Waals surface area contributed by atoms with Crippen LogP contribution < -0.4 is 10.1 Å². The first kappa shape index (κ1) is 16.3. The molecule has 1 aliphatic rings. The van der Waals surface area contributed by atoms with Gasteiger partial charge in [-0.05, 0) is 12.1 Å². The number of carbonyl (C=O) groups excluding carboxylic acids is 2. The molecule has 0 saturated carbocycles. The standard InChI is InChI=1S/C14H14N2O4S2/c1-15-11(17)7-16-13(19)10(22-14(16)21)6-8-4-3-5-9(20-2)12(8)18/h3-6,18H,7H2,1-2H3,(H,15,17)/b10-6-. The maximum atomic E-state index is 12.3. The predicted octanol–water partition coefficient (Wildman–Crippen LogP) is 1.35. The van der Waals surface area contributed by atoms with Gasteiger partial charge < -0.3 is 15.2 Å². The summed E-state index contributed by atoms with van der Waals surface area (Å²) in [7, 11) is 2.94. The first-order valence-corrected chi connectivity index (χ1v) is 7.52. The molecular formula is C14H14N2O4S2. The molecule has 0 unspecified atom stereocenters. The highest BCUT2D eigenvalue weighted by molar-refractivity contribution is 8.26. The van der Waals surface area contributed by atoms with E-state index in [1.165, 1.54) is 25.1 Å². The van der Waals surface area contributed by atoms with Gasteiger partial charge in [-0.3, -0.25) is 14.5 Å². The van der Waals surface area contributed by atoms with Crippen LogP contribution in [0.1, 0.15) is 5.56 Å². The van der Waals surface area contributed by atoms with Crippen LogP contribution in [-0.4, -0.2) is 46.8 Å². The molecule has 0 aromatic heterocycles. The minimum absolute atomic E-state index is 0.0541. The van der Waals surface area contributed by atoms with Crippen molar-refractivity contribution in [3.63, 3.8) is 0 Å². The number of amides is 2. The van der Waals surface area contributed by atoms with Crippen molar-refractivity contribution in [1.29, 1.82) is 0 Å². The largest absolute Gasteiger partial charge is 0.504 e. The second-order valence-electron chi connectivity index (χ2n) is 4.34. The van der Waals surface area contributed by atoms with Gasteiger partial charge in [-0.15, -0.1) is 0 Å². The maximum Gasteiger partial charge on any atom is 0.266 e. The fraction of sp³-hybridized carbons (Fsp3) is 0.214. The number of benzene rings is 1. The van der Waals surface area contributed by atoms with Crippen molar-refractivity contribution in [1.82, 2.24) is 10.2 Å². The third kappa shape index (κ3) is 3.23. The summed E-state index contributed by atoms with van der Waals surface area (Å²) in [5, 5.41) is 12.5. The van der Waals surface area contributed by atoms with Gasteiger partial charge in [0.2, 0.25) is 5.91 Å². The van der Waals surface area contributed by atoms with Gasteiger partial charge in [-0.1, -0.05) is 36.1 Å². The highest BCUT2D eigenvalue weighted by Gasteiger charge is 2.33. The summed E-state index contributed by atoms with van der Waals surface area (Å²) in [5.41, 5.74) is 0.444. The Morgan fingerprint density at radius 2 is 2.27 bits per heavy atom. The lowest BCUT2D eigenvalue weighted by Gasteiger charge is -2.12. The number of methoxy groups -OCH3 is 1. The average Bonchev–Trinajstić information content (AvgIpc) is 2.76. The van der Waals surface area contributed by atoms with Crippen molar-refractivity contribution in [2.45, 2.75) is 0 Å². The molecule has 1 aromatic rings. The number of hydrogen-bond donors (Lipinski definition) is 2. The zero-order valence-electron chi connectivity index (χ0n) is 12.0. The lowest BCUT2D eigenvalue weighted by Crippen LogP contribution is -2.38. The van der Waals surface area contributed by atoms with Crippen LogP contribution >= 0.6 is 24.0 Å². The molecule has 1 heterocycles. The summed E-state index contributed by atoms with van der Waals surface area (Å²) < 4.78 is 5.33. The number of aromatic hydroxyl groups is 1. The quantitative estimate of drug-likeness (QED) is 0.637. The van der Waals surface area contributed by atoms with Crippen molar-refractivity contribution < 1.29 is 19.4 Å². The maximum absolute atomic E-state index is 12.3. The number of ether oxygens (including phenoxy) is 1. The zero-order chi connectivity index (χ0) is 16.3. The van der Waals surface area contributed by atoms with Crippen LogP contribution in [0.5, 0.6) is 11.5 Å². The molecule has 0 atom stereocenters. The molecule has 22 heavy (non-hydrogen) atoms. The number of nitrogens with one attached hydrogen (secondary N) is 1. The molecule has 0 bridgehead atoms. The Kier molecular flexibility index (Phi) is 5.04. The molecule has 1 aliphatic heterocycles. The SMILES string of the molecule is CNC(=O)CN1C(=O)/C(=C/c2cccc(OC)c2O)SC1=S. The number of thioether (sulfide) groups is 1. The van der Waals surface area contributed by atoms with Crippen LogP contribution in [0.4, 0.5) is 0 Å². The first-order valence-electron chi connectivity index (χ1n) is 6.29. The molecule has 1 saturated heterocycles. The Balaban J connectivity index is 2.29. The second kappa shape index (κ2) is 6.80. The van der Waals surface area contributed by atoms with E-state index in [0.717, 1.165) is 11.8 Å². The highest BCUT2D eigenvalue weighted by Crippen LogP contribution is 2.36. The monoisotopic (exact) mass is 338 g/mol. The number of likely N-dealkylation sites (N-methyl/N-ethyl adjacent to an activating group) is 1. The summed E-state index contributed by atoms with van der Waals surface area (Å²) in [6, 6.07) is 4.97. The van der Waals surface area contributed by atoms with E-state index >= 15 is 0 Å². The van der Waals surface area contributed by atoms with Crippen LogP contribution in [0.25, 0.3) is 6.08 Å². The Morgan fingerprint density at radius 1 is 1.55 bits per heavy atom. The Morgan fingerprint density at radius 3 is 2.91 bits per heavy atom. The van der Waals surface area contributed by atoms with Gasteiger partial charge in [-0.25, -0.2) is 0 Å². The van der Waals surface area contributed by atoms with Crippen molar-refractivity contribution in [2.24, 2.45) is 0 Å². The van der Waals surface area contributed by atoms with Crippen LogP contribution in [0.15, 0.2) is 23.1 Å². The van der Waals surface area contributed by atoms with E-state index in [0.29, 0.717) is 20.5 Å². The molecule has 2 N–H and O–H groups in total. The minimum Gasteiger partial charge on any atom is -0.504 e. The molecule has 8 heteroatoms. The topological polar surface area (TPSA) is 78.9 Å². The molecule has 0 radical (unpaired) electrons. The lowest BCUT2D eigenvalue weighted by atomic mass is 10.1. The number of phenolic OH excluding ortho intramolecular Hbond substituents is 1. The first-order chi connectivity index (χ1) is 10.5. The van der Waals surface area contributed by atoms with Gasteiger partial charge in [0.15, 0.2) is 11.5 Å². The lowest BCUT2D eigenvalue weighted by molar-refractivity contribution is -0.128. The summed E-state index contributed by atoms with van der Waals surface area (Å²) >= 11 is 6.21. The Hall–Kier alpha value is -2.06. The van der Waals surface area contributed by atoms with E-state index in [2.05, 4.69) is 5.32 Å². The van der Waals surface area contributed by atoms with Crippen LogP contribution in [-0.2, 0) is 9.59 Å².